The standard InChI is InChI=1S/C27H29Cl2FN4O/c1-18(2)33-14-13-32(27(33)35)12-11-31-9-7-19(8-10-31)23-17-34(21-5-3-20(30)4-6-21)26-16-25(29)24(28)15-22(23)26/h3-7,15-18H,8-14H2,1-2H3. The molecule has 2 amide bonds. The van der Waals surface area contributed by atoms with Crippen LogP contribution in [0.25, 0.3) is 22.2 Å². The molecule has 0 N–H and O–H groups in total. The molecule has 2 aliphatic rings. The number of hydrogen-bond donors (Lipinski definition) is 0. The van der Waals surface area contributed by atoms with Crippen molar-refractivity contribution in [2.24, 2.45) is 0 Å². The maximum atomic E-state index is 13.5. The molecule has 2 aromatic carbocycles. The monoisotopic (exact) mass is 514 g/mol. The number of halogens is 3. The van der Waals surface area contributed by atoms with E-state index in [1.165, 1.54) is 17.7 Å². The molecule has 0 aliphatic carbocycles. The number of hydrogen-bond acceptors (Lipinski definition) is 2. The Balaban J connectivity index is 1.35. The number of fused-ring (bicyclic) bond motifs is 1. The third-order valence-corrected chi connectivity index (χ3v) is 7.75. The molecule has 3 heterocycles. The van der Waals surface area contributed by atoms with Gasteiger partial charge in [0.2, 0.25) is 0 Å². The number of aromatic nitrogens is 1. The molecule has 1 aromatic heterocycles. The Kier molecular flexibility index (Phi) is 6.80. The van der Waals surface area contributed by atoms with Gasteiger partial charge in [-0.15, -0.1) is 0 Å². The summed E-state index contributed by atoms with van der Waals surface area (Å²) < 4.78 is 15.6. The zero-order valence-electron chi connectivity index (χ0n) is 20.0. The van der Waals surface area contributed by atoms with Crippen molar-refractivity contribution >= 4 is 45.7 Å². The van der Waals surface area contributed by atoms with Crippen LogP contribution in [0.4, 0.5) is 9.18 Å². The average Bonchev–Trinajstić information content (AvgIpc) is 3.39. The Hall–Kier alpha value is -2.54. The fraction of sp³-hybridized carbons (Fsp3) is 0.370. The van der Waals surface area contributed by atoms with Crippen molar-refractivity contribution in [2.75, 3.05) is 39.3 Å². The second-order valence-electron chi connectivity index (χ2n) is 9.51. The molecule has 0 atom stereocenters. The highest BCUT2D eigenvalue weighted by molar-refractivity contribution is 6.42. The SMILES string of the molecule is CC(C)N1CCN(CCN2CC=C(c3cn(-c4ccc(F)cc4)c4cc(Cl)c(Cl)cc34)CC2)C1=O. The predicted molar refractivity (Wildman–Crippen MR) is 141 cm³/mol. The lowest BCUT2D eigenvalue weighted by atomic mass is 9.99. The molecule has 3 aromatic rings. The van der Waals surface area contributed by atoms with Crippen LogP contribution in [-0.2, 0) is 0 Å². The highest BCUT2D eigenvalue weighted by Crippen LogP contribution is 2.37. The number of rotatable bonds is 6. The molecule has 0 unspecified atom stereocenters. The van der Waals surface area contributed by atoms with E-state index in [4.69, 9.17) is 23.2 Å². The van der Waals surface area contributed by atoms with E-state index in [9.17, 15) is 9.18 Å². The molecule has 184 valence electrons. The first-order valence-electron chi connectivity index (χ1n) is 12.0. The van der Waals surface area contributed by atoms with Crippen molar-refractivity contribution < 1.29 is 9.18 Å². The second kappa shape index (κ2) is 9.84. The molecule has 5 nitrogen and oxygen atoms in total. The summed E-state index contributed by atoms with van der Waals surface area (Å²) in [7, 11) is 0. The van der Waals surface area contributed by atoms with Gasteiger partial charge in [0.1, 0.15) is 5.82 Å². The fourth-order valence-electron chi connectivity index (χ4n) is 5.00. The molecule has 0 bridgehead atoms. The van der Waals surface area contributed by atoms with Crippen LogP contribution in [0, 0.1) is 5.82 Å². The highest BCUT2D eigenvalue weighted by atomic mass is 35.5. The minimum Gasteiger partial charge on any atom is -0.322 e. The first-order valence-corrected chi connectivity index (χ1v) is 12.8. The molecular weight excluding hydrogens is 486 g/mol. The smallest absolute Gasteiger partial charge is 0.320 e. The van der Waals surface area contributed by atoms with Crippen molar-refractivity contribution in [1.29, 1.82) is 0 Å². The Morgan fingerprint density at radius 1 is 1.00 bits per heavy atom. The minimum atomic E-state index is -0.269. The van der Waals surface area contributed by atoms with Crippen molar-refractivity contribution in [3.8, 4) is 5.69 Å². The maximum Gasteiger partial charge on any atom is 0.320 e. The van der Waals surface area contributed by atoms with Gasteiger partial charge in [-0.2, -0.15) is 0 Å². The van der Waals surface area contributed by atoms with Crippen LogP contribution in [-0.4, -0.2) is 70.6 Å². The van der Waals surface area contributed by atoms with Gasteiger partial charge in [0.05, 0.1) is 15.6 Å². The normalized spacial score (nSPS) is 17.2. The number of urea groups is 1. The summed E-state index contributed by atoms with van der Waals surface area (Å²) in [4.78, 5) is 18.8. The van der Waals surface area contributed by atoms with Gasteiger partial charge in [-0.3, -0.25) is 4.90 Å². The first-order chi connectivity index (χ1) is 16.8. The fourth-order valence-corrected chi connectivity index (χ4v) is 5.32. The van der Waals surface area contributed by atoms with E-state index < -0.39 is 0 Å². The zero-order valence-corrected chi connectivity index (χ0v) is 21.5. The third kappa shape index (κ3) is 4.80. The van der Waals surface area contributed by atoms with E-state index in [0.717, 1.165) is 67.8 Å². The Bertz CT molecular complexity index is 1280. The number of carbonyl (C=O) groups excluding carboxylic acids is 1. The van der Waals surface area contributed by atoms with Crippen LogP contribution in [0.2, 0.25) is 10.0 Å². The van der Waals surface area contributed by atoms with E-state index in [2.05, 4.69) is 31.0 Å². The number of nitrogens with zero attached hydrogens (tertiary/aromatic N) is 4. The van der Waals surface area contributed by atoms with Gasteiger partial charge >= 0.3 is 6.03 Å². The Morgan fingerprint density at radius 2 is 1.74 bits per heavy atom. The summed E-state index contributed by atoms with van der Waals surface area (Å²) in [5, 5.41) is 2.03. The van der Waals surface area contributed by atoms with Gasteiger partial charge in [0, 0.05) is 68.1 Å². The van der Waals surface area contributed by atoms with Gasteiger partial charge in [-0.05, 0) is 62.2 Å². The van der Waals surface area contributed by atoms with Gasteiger partial charge < -0.3 is 14.4 Å². The molecule has 0 saturated carbocycles. The van der Waals surface area contributed by atoms with Crippen LogP contribution >= 0.6 is 23.2 Å². The zero-order chi connectivity index (χ0) is 24.7. The van der Waals surface area contributed by atoms with Gasteiger partial charge in [-0.1, -0.05) is 29.3 Å². The third-order valence-electron chi connectivity index (χ3n) is 7.03. The summed E-state index contributed by atoms with van der Waals surface area (Å²) in [5.41, 5.74) is 4.18. The van der Waals surface area contributed by atoms with Crippen molar-refractivity contribution in [3.05, 3.63) is 70.1 Å². The quantitative estimate of drug-likeness (QED) is 0.385. The second-order valence-corrected chi connectivity index (χ2v) is 10.3. The first kappa shape index (κ1) is 24.2. The molecule has 8 heteroatoms. The summed E-state index contributed by atoms with van der Waals surface area (Å²) in [6.07, 6.45) is 5.26. The number of benzene rings is 2. The molecule has 35 heavy (non-hydrogen) atoms. The van der Waals surface area contributed by atoms with Gasteiger partial charge in [-0.25, -0.2) is 9.18 Å². The van der Waals surface area contributed by atoms with Crippen LogP contribution < -0.4 is 0 Å². The molecule has 0 spiro atoms. The summed E-state index contributed by atoms with van der Waals surface area (Å²) in [6.45, 7) is 9.11. The molecular formula is C27H29Cl2FN4O. The molecule has 5 rings (SSSR count). The van der Waals surface area contributed by atoms with Crippen LogP contribution in [0.15, 0.2) is 48.7 Å². The molecule has 0 radical (unpaired) electrons. The lowest BCUT2D eigenvalue weighted by Gasteiger charge is -2.28. The largest absolute Gasteiger partial charge is 0.322 e. The van der Waals surface area contributed by atoms with Gasteiger partial charge in [0.25, 0.3) is 0 Å². The number of amides is 2. The Labute approximate surface area is 215 Å². The van der Waals surface area contributed by atoms with E-state index >= 15 is 0 Å². The summed E-state index contributed by atoms with van der Waals surface area (Å²) in [5.74, 6) is -0.269. The minimum absolute atomic E-state index is 0.150. The van der Waals surface area contributed by atoms with E-state index in [1.807, 2.05) is 26.5 Å². The van der Waals surface area contributed by atoms with E-state index in [0.29, 0.717) is 10.0 Å². The molecule has 1 saturated heterocycles. The Morgan fingerprint density at radius 3 is 2.40 bits per heavy atom. The van der Waals surface area contributed by atoms with Crippen molar-refractivity contribution in [3.63, 3.8) is 0 Å². The van der Waals surface area contributed by atoms with Crippen molar-refractivity contribution in [1.82, 2.24) is 19.3 Å². The maximum absolute atomic E-state index is 13.5. The average molecular weight is 515 g/mol. The molecule has 2 aliphatic heterocycles. The lowest BCUT2D eigenvalue weighted by Crippen LogP contribution is -2.40. The van der Waals surface area contributed by atoms with Crippen LogP contribution in [0.5, 0.6) is 0 Å². The van der Waals surface area contributed by atoms with E-state index in [-0.39, 0.29) is 17.9 Å². The topological polar surface area (TPSA) is 31.7 Å². The van der Waals surface area contributed by atoms with Crippen molar-refractivity contribution in [2.45, 2.75) is 26.3 Å². The van der Waals surface area contributed by atoms with Gasteiger partial charge in [0.15, 0.2) is 0 Å². The number of carbonyl (C=O) groups is 1. The highest BCUT2D eigenvalue weighted by Gasteiger charge is 2.30. The van der Waals surface area contributed by atoms with E-state index in [1.54, 1.807) is 12.1 Å². The van der Waals surface area contributed by atoms with Crippen LogP contribution in [0.1, 0.15) is 25.8 Å². The van der Waals surface area contributed by atoms with Crippen LogP contribution in [0.3, 0.4) is 0 Å². The predicted octanol–water partition coefficient (Wildman–Crippen LogP) is 6.31. The summed E-state index contributed by atoms with van der Waals surface area (Å²) >= 11 is 12.7. The molecule has 1 fully saturated rings. The lowest BCUT2D eigenvalue weighted by molar-refractivity contribution is 0.176. The summed E-state index contributed by atoms with van der Waals surface area (Å²) in [6, 6.07) is 10.6.